The normalized spacial score (nSPS) is 22.8. The van der Waals surface area contributed by atoms with Crippen molar-refractivity contribution in [3.8, 4) is 0 Å². The molecule has 3 N–H and O–H groups in total. The van der Waals surface area contributed by atoms with E-state index in [1.54, 1.807) is 4.52 Å². The number of carbonyl (C=O) groups excluding carboxylic acids is 2. The number of likely N-dealkylation sites (tertiary alicyclic amines) is 2. The van der Waals surface area contributed by atoms with E-state index in [0.29, 0.717) is 31.5 Å². The minimum absolute atomic E-state index is 0.0105. The number of amides is 2. The average Bonchev–Trinajstić information content (AvgIpc) is 3.60. The molecule has 3 saturated heterocycles. The smallest absolute Gasteiger partial charge is 0.410 e. The number of fused-ring (bicyclic) bond motifs is 1. The lowest BCUT2D eigenvalue weighted by atomic mass is 9.84. The first-order valence-corrected chi connectivity index (χ1v) is 15.6. The SMILES string of the molecule is CC(C)C(Nc1ccn2nc(NC3CCN(C(=O)O[C@@H]4CCNC4)CC3)cc2n1)C1CCCN(C(=O)OC(C)(C)C)C1. The second kappa shape index (κ2) is 12.9. The molecule has 12 nitrogen and oxygen atoms in total. The van der Waals surface area contributed by atoms with Crippen LogP contribution in [0.4, 0.5) is 21.2 Å². The molecule has 2 unspecified atom stereocenters. The summed E-state index contributed by atoms with van der Waals surface area (Å²) >= 11 is 0. The molecule has 12 heteroatoms. The number of rotatable bonds is 7. The van der Waals surface area contributed by atoms with Crippen LogP contribution in [0, 0.1) is 11.8 Å². The maximum absolute atomic E-state index is 12.7. The Labute approximate surface area is 248 Å². The number of nitrogens with one attached hydrogen (secondary N) is 3. The summed E-state index contributed by atoms with van der Waals surface area (Å²) in [5.74, 6) is 2.22. The van der Waals surface area contributed by atoms with Gasteiger partial charge in [-0.1, -0.05) is 13.8 Å². The van der Waals surface area contributed by atoms with Crippen molar-refractivity contribution >= 4 is 29.5 Å². The van der Waals surface area contributed by atoms with Crippen molar-refractivity contribution in [1.29, 1.82) is 0 Å². The molecule has 0 aliphatic carbocycles. The van der Waals surface area contributed by atoms with E-state index in [1.165, 1.54) is 0 Å². The molecule has 0 radical (unpaired) electrons. The molecule has 3 atom stereocenters. The number of piperidine rings is 2. The van der Waals surface area contributed by atoms with Crippen molar-refractivity contribution in [3.63, 3.8) is 0 Å². The van der Waals surface area contributed by atoms with Crippen LogP contribution >= 0.6 is 0 Å². The van der Waals surface area contributed by atoms with Gasteiger partial charge in [-0.05, 0) is 77.3 Å². The number of aromatic nitrogens is 3. The van der Waals surface area contributed by atoms with Crippen molar-refractivity contribution in [2.24, 2.45) is 11.8 Å². The van der Waals surface area contributed by atoms with Gasteiger partial charge in [-0.3, -0.25) is 0 Å². The van der Waals surface area contributed by atoms with E-state index in [-0.39, 0.29) is 30.4 Å². The largest absolute Gasteiger partial charge is 0.445 e. The summed E-state index contributed by atoms with van der Waals surface area (Å²) in [7, 11) is 0. The fraction of sp³-hybridized carbons (Fsp3) is 0.733. The summed E-state index contributed by atoms with van der Waals surface area (Å²) in [4.78, 5) is 33.7. The first kappa shape index (κ1) is 30.2. The average molecular weight is 585 g/mol. The number of carbonyl (C=O) groups is 2. The maximum Gasteiger partial charge on any atom is 0.410 e. The molecule has 42 heavy (non-hydrogen) atoms. The van der Waals surface area contributed by atoms with Gasteiger partial charge < -0.3 is 35.2 Å². The van der Waals surface area contributed by atoms with Gasteiger partial charge in [0, 0.05) is 57.1 Å². The second-order valence-corrected chi connectivity index (χ2v) is 13.3. The summed E-state index contributed by atoms with van der Waals surface area (Å²) in [6.07, 6.45) is 6.04. The molecule has 2 aromatic rings. The molecule has 0 spiro atoms. The standard InChI is InChI=1S/C30H48N8O4/c1-20(2)27(21-7-6-13-37(19-21)29(40)42-30(3,4)5)34-24-11-16-38-26(33-24)17-25(35-38)32-22-9-14-36(15-10-22)28(39)41-23-8-12-31-18-23/h11,16-17,20-23,27,31H,6-10,12-15,18-19H2,1-5H3,(H,32,35)(H,33,34)/t21?,23-,27?/m1/s1. The molecule has 0 saturated carbocycles. The van der Waals surface area contributed by atoms with Crippen LogP contribution < -0.4 is 16.0 Å². The Kier molecular flexibility index (Phi) is 9.29. The van der Waals surface area contributed by atoms with E-state index >= 15 is 0 Å². The van der Waals surface area contributed by atoms with Crippen LogP contribution in [0.25, 0.3) is 5.65 Å². The molecule has 2 aromatic heterocycles. The Morgan fingerprint density at radius 2 is 1.83 bits per heavy atom. The molecule has 3 aliphatic rings. The fourth-order valence-electron chi connectivity index (χ4n) is 6.19. The third-order valence-corrected chi connectivity index (χ3v) is 8.36. The van der Waals surface area contributed by atoms with Gasteiger partial charge in [0.2, 0.25) is 0 Å². The van der Waals surface area contributed by atoms with E-state index in [4.69, 9.17) is 14.5 Å². The Hall–Kier alpha value is -3.28. The Bertz CT molecular complexity index is 1210. The third-order valence-electron chi connectivity index (χ3n) is 8.36. The predicted octanol–water partition coefficient (Wildman–Crippen LogP) is 4.19. The summed E-state index contributed by atoms with van der Waals surface area (Å²) in [6, 6.07) is 4.31. The van der Waals surface area contributed by atoms with Crippen molar-refractivity contribution in [1.82, 2.24) is 29.7 Å². The van der Waals surface area contributed by atoms with Crippen LogP contribution in [0.1, 0.15) is 66.7 Å². The zero-order valence-electron chi connectivity index (χ0n) is 25.8. The zero-order chi connectivity index (χ0) is 29.9. The highest BCUT2D eigenvalue weighted by molar-refractivity contribution is 5.68. The molecule has 5 rings (SSSR count). The molecule has 0 aromatic carbocycles. The Morgan fingerprint density at radius 3 is 2.52 bits per heavy atom. The van der Waals surface area contributed by atoms with Gasteiger partial charge in [-0.2, -0.15) is 0 Å². The summed E-state index contributed by atoms with van der Waals surface area (Å²) in [5, 5.41) is 15.1. The topological polar surface area (TPSA) is 125 Å². The first-order valence-electron chi connectivity index (χ1n) is 15.6. The summed E-state index contributed by atoms with van der Waals surface area (Å²) in [6.45, 7) is 14.5. The molecule has 232 valence electrons. The minimum atomic E-state index is -0.504. The van der Waals surface area contributed by atoms with Crippen LogP contribution in [-0.4, -0.2) is 99.6 Å². The van der Waals surface area contributed by atoms with Gasteiger partial charge in [0.15, 0.2) is 11.5 Å². The highest BCUT2D eigenvalue weighted by Gasteiger charge is 2.33. The van der Waals surface area contributed by atoms with Crippen LogP contribution in [0.15, 0.2) is 18.3 Å². The van der Waals surface area contributed by atoms with E-state index in [9.17, 15) is 9.59 Å². The van der Waals surface area contributed by atoms with Gasteiger partial charge >= 0.3 is 12.2 Å². The lowest BCUT2D eigenvalue weighted by Crippen LogP contribution is -2.48. The third kappa shape index (κ3) is 7.76. The number of anilines is 2. The summed E-state index contributed by atoms with van der Waals surface area (Å²) < 4.78 is 13.0. The fourth-order valence-corrected chi connectivity index (χ4v) is 6.19. The van der Waals surface area contributed by atoms with E-state index in [0.717, 1.165) is 69.0 Å². The van der Waals surface area contributed by atoms with E-state index < -0.39 is 5.60 Å². The number of ether oxygens (including phenoxy) is 2. The van der Waals surface area contributed by atoms with Gasteiger partial charge in [0.25, 0.3) is 0 Å². The van der Waals surface area contributed by atoms with Crippen molar-refractivity contribution in [2.75, 3.05) is 49.9 Å². The highest BCUT2D eigenvalue weighted by atomic mass is 16.6. The van der Waals surface area contributed by atoms with Crippen LogP contribution in [-0.2, 0) is 9.47 Å². The minimum Gasteiger partial charge on any atom is -0.445 e. The number of nitrogens with zero attached hydrogens (tertiary/aromatic N) is 5. The molecule has 5 heterocycles. The van der Waals surface area contributed by atoms with E-state index in [2.05, 4.69) is 34.9 Å². The molecular formula is C30H48N8O4. The van der Waals surface area contributed by atoms with Crippen molar-refractivity contribution in [3.05, 3.63) is 18.3 Å². The lowest BCUT2D eigenvalue weighted by Gasteiger charge is -2.39. The van der Waals surface area contributed by atoms with Gasteiger partial charge in [-0.25, -0.2) is 19.1 Å². The van der Waals surface area contributed by atoms with E-state index in [1.807, 2.05) is 48.9 Å². The number of hydrogen-bond acceptors (Lipinski definition) is 9. The molecule has 0 bridgehead atoms. The Morgan fingerprint density at radius 1 is 1.05 bits per heavy atom. The highest BCUT2D eigenvalue weighted by Crippen LogP contribution is 2.28. The number of hydrogen-bond donors (Lipinski definition) is 3. The molecular weight excluding hydrogens is 536 g/mol. The molecule has 3 aliphatic heterocycles. The first-order chi connectivity index (χ1) is 20.0. The van der Waals surface area contributed by atoms with Crippen molar-refractivity contribution < 1.29 is 19.1 Å². The second-order valence-electron chi connectivity index (χ2n) is 13.3. The lowest BCUT2D eigenvalue weighted by molar-refractivity contribution is 0.0147. The quantitative estimate of drug-likeness (QED) is 0.439. The summed E-state index contributed by atoms with van der Waals surface area (Å²) in [5.41, 5.74) is 0.256. The molecule has 3 fully saturated rings. The Balaban J connectivity index is 1.16. The monoisotopic (exact) mass is 584 g/mol. The molecule has 2 amide bonds. The van der Waals surface area contributed by atoms with Crippen molar-refractivity contribution in [2.45, 2.75) is 90.5 Å². The predicted molar refractivity (Wildman–Crippen MR) is 162 cm³/mol. The van der Waals surface area contributed by atoms with Gasteiger partial charge in [0.1, 0.15) is 17.5 Å². The van der Waals surface area contributed by atoms with Crippen LogP contribution in [0.5, 0.6) is 0 Å². The van der Waals surface area contributed by atoms with Gasteiger partial charge in [-0.15, -0.1) is 5.10 Å². The zero-order valence-corrected chi connectivity index (χ0v) is 25.8. The van der Waals surface area contributed by atoms with Crippen LogP contribution in [0.3, 0.4) is 0 Å². The van der Waals surface area contributed by atoms with Gasteiger partial charge in [0.05, 0.1) is 0 Å². The maximum atomic E-state index is 12.7. The van der Waals surface area contributed by atoms with Crippen LogP contribution in [0.2, 0.25) is 0 Å².